The van der Waals surface area contributed by atoms with Crippen LogP contribution in [0.4, 0.5) is 5.69 Å². The van der Waals surface area contributed by atoms with Crippen LogP contribution in [0.25, 0.3) is 0 Å². The van der Waals surface area contributed by atoms with Gasteiger partial charge in [0.1, 0.15) is 12.7 Å². The van der Waals surface area contributed by atoms with Crippen LogP contribution in [0, 0.1) is 0 Å². The average molecular weight is 378 g/mol. The zero-order valence-corrected chi connectivity index (χ0v) is 15.2. The zero-order valence-electron chi connectivity index (χ0n) is 12.7. The van der Waals surface area contributed by atoms with Crippen LogP contribution < -0.4 is 11.1 Å². The molecule has 23 heavy (non-hydrogen) atoms. The third-order valence-electron chi connectivity index (χ3n) is 3.00. The Labute approximate surface area is 152 Å². The molecule has 0 fully saturated rings. The van der Waals surface area contributed by atoms with Gasteiger partial charge in [0.05, 0.1) is 12.6 Å². The van der Waals surface area contributed by atoms with E-state index in [2.05, 4.69) is 15.4 Å². The lowest BCUT2D eigenvalue weighted by molar-refractivity contribution is -0.117. The van der Waals surface area contributed by atoms with Gasteiger partial charge in [0, 0.05) is 5.69 Å². The van der Waals surface area contributed by atoms with Crippen LogP contribution in [0.5, 0.6) is 0 Å². The summed E-state index contributed by atoms with van der Waals surface area (Å²) < 4.78 is 1.74. The Bertz CT molecular complexity index is 565. The minimum absolute atomic E-state index is 0. The number of anilines is 1. The molecule has 1 atom stereocenters. The van der Waals surface area contributed by atoms with Gasteiger partial charge in [-0.3, -0.25) is 4.79 Å². The molecule has 1 heterocycles. The van der Waals surface area contributed by atoms with E-state index in [9.17, 15) is 4.79 Å². The molecule has 0 aliphatic rings. The van der Waals surface area contributed by atoms with E-state index in [1.165, 1.54) is 6.33 Å². The number of carbonyl (C=O) groups is 1. The van der Waals surface area contributed by atoms with E-state index in [0.29, 0.717) is 13.0 Å². The molecule has 0 saturated carbocycles. The molecule has 128 valence electrons. The first-order valence-corrected chi connectivity index (χ1v) is 8.05. The minimum Gasteiger partial charge on any atom is -0.325 e. The van der Waals surface area contributed by atoms with Crippen LogP contribution in [0.2, 0.25) is 0 Å². The van der Waals surface area contributed by atoms with Gasteiger partial charge in [-0.15, -0.1) is 24.8 Å². The number of halogens is 2. The van der Waals surface area contributed by atoms with Crippen LogP contribution in [-0.4, -0.2) is 38.7 Å². The summed E-state index contributed by atoms with van der Waals surface area (Å²) >= 11 is 1.68. The van der Waals surface area contributed by atoms with E-state index in [0.717, 1.165) is 17.0 Å². The fourth-order valence-corrected chi connectivity index (χ4v) is 2.30. The highest BCUT2D eigenvalue weighted by atomic mass is 35.5. The van der Waals surface area contributed by atoms with Crippen LogP contribution in [0.3, 0.4) is 0 Å². The third kappa shape index (κ3) is 7.22. The molecular weight excluding hydrogens is 357 g/mol. The van der Waals surface area contributed by atoms with Crippen LogP contribution in [0.1, 0.15) is 12.0 Å². The lowest BCUT2D eigenvalue weighted by Gasteiger charge is -2.12. The van der Waals surface area contributed by atoms with Crippen molar-refractivity contribution in [3.8, 4) is 0 Å². The monoisotopic (exact) mass is 377 g/mol. The molecule has 0 aliphatic heterocycles. The van der Waals surface area contributed by atoms with Crippen LogP contribution in [0.15, 0.2) is 36.9 Å². The number of aromatic nitrogens is 3. The summed E-state index contributed by atoms with van der Waals surface area (Å²) in [6.45, 7) is 0.654. The molecule has 9 heteroatoms. The van der Waals surface area contributed by atoms with Crippen LogP contribution in [-0.2, 0) is 11.3 Å². The van der Waals surface area contributed by atoms with E-state index in [1.54, 1.807) is 22.8 Å². The van der Waals surface area contributed by atoms with Gasteiger partial charge in [0.15, 0.2) is 0 Å². The van der Waals surface area contributed by atoms with Gasteiger partial charge >= 0.3 is 0 Å². The average Bonchev–Trinajstić information content (AvgIpc) is 2.99. The van der Waals surface area contributed by atoms with Gasteiger partial charge in [-0.1, -0.05) is 12.1 Å². The number of hydrogen-bond acceptors (Lipinski definition) is 5. The Kier molecular flexibility index (Phi) is 10.7. The number of carbonyl (C=O) groups excluding carboxylic acids is 1. The molecule has 2 aromatic rings. The Balaban J connectivity index is 0.00000242. The molecule has 1 aromatic carbocycles. The van der Waals surface area contributed by atoms with Crippen molar-refractivity contribution in [2.24, 2.45) is 5.73 Å². The fourth-order valence-electron chi connectivity index (χ4n) is 1.81. The minimum atomic E-state index is -0.465. The molecule has 0 bridgehead atoms. The number of rotatable bonds is 7. The summed E-state index contributed by atoms with van der Waals surface area (Å²) in [6, 6.07) is 7.17. The predicted octanol–water partition coefficient (Wildman–Crippen LogP) is 2.19. The van der Waals surface area contributed by atoms with E-state index in [-0.39, 0.29) is 30.7 Å². The molecule has 0 saturated heterocycles. The number of nitrogens with two attached hydrogens (primary N) is 1. The molecule has 0 spiro atoms. The predicted molar refractivity (Wildman–Crippen MR) is 99.7 cm³/mol. The highest BCUT2D eigenvalue weighted by Gasteiger charge is 2.12. The largest absolute Gasteiger partial charge is 0.325 e. The van der Waals surface area contributed by atoms with Gasteiger partial charge in [-0.2, -0.15) is 16.9 Å². The number of nitrogens with zero attached hydrogens (tertiary/aromatic N) is 3. The lowest BCUT2D eigenvalue weighted by Crippen LogP contribution is -2.36. The summed E-state index contributed by atoms with van der Waals surface area (Å²) in [4.78, 5) is 15.8. The third-order valence-corrected chi connectivity index (χ3v) is 3.65. The maximum Gasteiger partial charge on any atom is 0.241 e. The maximum atomic E-state index is 11.9. The van der Waals surface area contributed by atoms with Crippen molar-refractivity contribution in [3.05, 3.63) is 42.5 Å². The summed E-state index contributed by atoms with van der Waals surface area (Å²) in [5.41, 5.74) is 7.67. The normalized spacial score (nSPS) is 11.0. The summed E-state index contributed by atoms with van der Waals surface area (Å²) in [5, 5.41) is 6.88. The van der Waals surface area contributed by atoms with Crippen molar-refractivity contribution in [3.63, 3.8) is 0 Å². The molecule has 0 unspecified atom stereocenters. The van der Waals surface area contributed by atoms with Gasteiger partial charge < -0.3 is 11.1 Å². The van der Waals surface area contributed by atoms with Crippen molar-refractivity contribution in [2.75, 3.05) is 17.3 Å². The van der Waals surface area contributed by atoms with Gasteiger partial charge in [0.2, 0.25) is 5.91 Å². The fraction of sp³-hybridized carbons (Fsp3) is 0.357. The molecule has 0 aliphatic carbocycles. The first kappa shape index (κ1) is 21.7. The number of benzene rings is 1. The molecule has 1 aromatic heterocycles. The maximum absolute atomic E-state index is 11.9. The molecule has 6 nitrogen and oxygen atoms in total. The van der Waals surface area contributed by atoms with Crippen molar-refractivity contribution in [1.29, 1.82) is 0 Å². The Morgan fingerprint density at radius 1 is 1.35 bits per heavy atom. The second-order valence-electron chi connectivity index (χ2n) is 4.67. The van der Waals surface area contributed by atoms with E-state index in [4.69, 9.17) is 5.73 Å². The topological polar surface area (TPSA) is 85.8 Å². The Morgan fingerprint density at radius 2 is 2.04 bits per heavy atom. The number of amides is 1. The van der Waals surface area contributed by atoms with Gasteiger partial charge in [-0.05, 0) is 36.1 Å². The molecule has 3 N–H and O–H groups in total. The van der Waals surface area contributed by atoms with Gasteiger partial charge in [-0.25, -0.2) is 9.67 Å². The highest BCUT2D eigenvalue weighted by Crippen LogP contribution is 2.11. The second kappa shape index (κ2) is 11.3. The lowest BCUT2D eigenvalue weighted by atomic mass is 10.2. The molecular formula is C14H21Cl2N5OS. The zero-order chi connectivity index (χ0) is 15.1. The van der Waals surface area contributed by atoms with Crippen molar-refractivity contribution in [2.45, 2.75) is 19.0 Å². The molecule has 0 radical (unpaired) electrons. The van der Waals surface area contributed by atoms with Crippen molar-refractivity contribution < 1.29 is 4.79 Å². The SMILES string of the molecule is CSCC[C@H](N)C(=O)Nc1ccc(Cn2cncn2)cc1.Cl.Cl. The van der Waals surface area contributed by atoms with E-state index < -0.39 is 6.04 Å². The quantitative estimate of drug-likeness (QED) is 0.772. The smallest absolute Gasteiger partial charge is 0.241 e. The number of nitrogens with one attached hydrogen (secondary N) is 1. The van der Waals surface area contributed by atoms with Crippen molar-refractivity contribution >= 4 is 48.2 Å². The van der Waals surface area contributed by atoms with Gasteiger partial charge in [0.25, 0.3) is 0 Å². The first-order valence-electron chi connectivity index (χ1n) is 6.66. The summed E-state index contributed by atoms with van der Waals surface area (Å²) in [7, 11) is 0. The first-order chi connectivity index (χ1) is 10.2. The summed E-state index contributed by atoms with van der Waals surface area (Å²) in [5.74, 6) is 0.735. The number of thioether (sulfide) groups is 1. The molecule has 2 rings (SSSR count). The van der Waals surface area contributed by atoms with Crippen LogP contribution >= 0.6 is 36.6 Å². The van der Waals surface area contributed by atoms with Crippen molar-refractivity contribution in [1.82, 2.24) is 14.8 Å². The number of hydrogen-bond donors (Lipinski definition) is 2. The Morgan fingerprint density at radius 3 is 2.61 bits per heavy atom. The Hall–Kier alpha value is -1.28. The standard InChI is InChI=1S/C14H19N5OS.2ClH/c1-21-7-6-13(15)14(20)18-12-4-2-11(3-5-12)8-19-10-16-9-17-19;;/h2-5,9-10,13H,6-8,15H2,1H3,(H,18,20);2*1H/t13-;;/m0../s1. The van der Waals surface area contributed by atoms with E-state index in [1.807, 2.05) is 30.5 Å². The molecule has 1 amide bonds. The summed E-state index contributed by atoms with van der Waals surface area (Å²) in [6.07, 6.45) is 5.85. The highest BCUT2D eigenvalue weighted by molar-refractivity contribution is 7.98. The second-order valence-corrected chi connectivity index (χ2v) is 5.65. The van der Waals surface area contributed by atoms with E-state index >= 15 is 0 Å².